The number of unbranched alkanes of at least 4 members (excludes halogenated alkanes) is 2. The van der Waals surface area contributed by atoms with E-state index in [9.17, 15) is 0 Å². The van der Waals surface area contributed by atoms with Gasteiger partial charge in [-0.2, -0.15) is 0 Å². The average Bonchev–Trinajstić information content (AvgIpc) is 3.54. The third-order valence-corrected chi connectivity index (χ3v) is 8.82. The highest BCUT2D eigenvalue weighted by atomic mass is 16.5. The summed E-state index contributed by atoms with van der Waals surface area (Å²) in [5.41, 5.74) is 3.39. The molecule has 0 saturated carbocycles. The van der Waals surface area contributed by atoms with Crippen LogP contribution in [0.15, 0.2) is 66.9 Å². The fourth-order valence-corrected chi connectivity index (χ4v) is 6.51. The Morgan fingerprint density at radius 1 is 0.756 bits per heavy atom. The number of benzene rings is 2. The summed E-state index contributed by atoms with van der Waals surface area (Å²) in [7, 11) is 0. The summed E-state index contributed by atoms with van der Waals surface area (Å²) in [6.07, 6.45) is 14.3. The highest BCUT2D eigenvalue weighted by Crippen LogP contribution is 2.32. The van der Waals surface area contributed by atoms with E-state index in [-0.39, 0.29) is 30.5 Å². The molecule has 0 radical (unpaired) electrons. The molecule has 0 spiro atoms. The predicted molar refractivity (Wildman–Crippen MR) is 175 cm³/mol. The van der Waals surface area contributed by atoms with Crippen molar-refractivity contribution in [3.05, 3.63) is 83.7 Å². The molecule has 2 aliphatic heterocycles. The molecule has 2 aliphatic rings. The van der Waals surface area contributed by atoms with Gasteiger partial charge in [0.15, 0.2) is 0 Å². The molecule has 2 aromatic carbocycles. The van der Waals surface area contributed by atoms with Crippen LogP contribution >= 0.6 is 0 Å². The first-order chi connectivity index (χ1) is 22.2. The van der Waals surface area contributed by atoms with E-state index in [4.69, 9.17) is 23.7 Å². The Hall–Kier alpha value is -2.62. The fourth-order valence-electron chi connectivity index (χ4n) is 6.51. The van der Waals surface area contributed by atoms with Crippen LogP contribution in [0.5, 0.6) is 0 Å². The quantitative estimate of drug-likeness (QED) is 0.128. The van der Waals surface area contributed by atoms with Crippen LogP contribution in [0.3, 0.4) is 0 Å². The second-order valence-corrected chi connectivity index (χ2v) is 12.5. The molecule has 5 atom stereocenters. The van der Waals surface area contributed by atoms with E-state index < -0.39 is 0 Å². The number of rotatable bonds is 19. The zero-order valence-electron chi connectivity index (χ0n) is 27.1. The number of hydrogen-bond acceptors (Lipinski definition) is 7. The van der Waals surface area contributed by atoms with Crippen LogP contribution in [0.25, 0.3) is 0 Å². The van der Waals surface area contributed by atoms with Crippen LogP contribution in [0, 0.1) is 0 Å². The van der Waals surface area contributed by atoms with Crippen molar-refractivity contribution in [2.75, 3.05) is 19.8 Å². The van der Waals surface area contributed by atoms with Gasteiger partial charge >= 0.3 is 0 Å². The molecular weight excluding hydrogens is 566 g/mol. The van der Waals surface area contributed by atoms with Crippen LogP contribution in [0.2, 0.25) is 0 Å². The summed E-state index contributed by atoms with van der Waals surface area (Å²) < 4.78 is 32.8. The molecule has 0 aliphatic carbocycles. The van der Waals surface area contributed by atoms with Crippen molar-refractivity contribution in [2.24, 2.45) is 0 Å². The van der Waals surface area contributed by atoms with Crippen LogP contribution in [0.1, 0.15) is 100 Å². The van der Waals surface area contributed by atoms with Gasteiger partial charge in [-0.05, 0) is 82.3 Å². The average molecular weight is 620 g/mol. The van der Waals surface area contributed by atoms with Crippen LogP contribution < -0.4 is 0 Å². The molecular formula is C37H53N3O5. The summed E-state index contributed by atoms with van der Waals surface area (Å²) in [4.78, 5) is 0. The molecule has 0 N–H and O–H groups in total. The van der Waals surface area contributed by atoms with Gasteiger partial charge in [0.1, 0.15) is 11.8 Å². The minimum atomic E-state index is 0.0205. The van der Waals surface area contributed by atoms with Gasteiger partial charge in [-0.1, -0.05) is 65.9 Å². The summed E-state index contributed by atoms with van der Waals surface area (Å²) in [5.74, 6) is 0. The van der Waals surface area contributed by atoms with Crippen molar-refractivity contribution in [1.29, 1.82) is 0 Å². The molecule has 2 fully saturated rings. The largest absolute Gasteiger partial charge is 0.378 e. The highest BCUT2D eigenvalue weighted by Gasteiger charge is 2.31. The molecule has 8 nitrogen and oxygen atoms in total. The Morgan fingerprint density at radius 2 is 1.40 bits per heavy atom. The second kappa shape index (κ2) is 19.1. The van der Waals surface area contributed by atoms with Gasteiger partial charge in [0.2, 0.25) is 0 Å². The third kappa shape index (κ3) is 11.9. The predicted octanol–water partition coefficient (Wildman–Crippen LogP) is 7.62. The molecule has 8 heteroatoms. The van der Waals surface area contributed by atoms with E-state index in [2.05, 4.69) is 72.0 Å². The van der Waals surface area contributed by atoms with E-state index in [1.165, 1.54) is 11.1 Å². The van der Waals surface area contributed by atoms with E-state index in [0.717, 1.165) is 96.1 Å². The molecule has 0 bridgehead atoms. The summed E-state index contributed by atoms with van der Waals surface area (Å²) in [6, 6.07) is 20.7. The Kier molecular flexibility index (Phi) is 14.3. The number of hydrogen-bond donors (Lipinski definition) is 0. The van der Waals surface area contributed by atoms with Crippen LogP contribution in [-0.2, 0) is 43.4 Å². The molecule has 5 rings (SSSR count). The van der Waals surface area contributed by atoms with Gasteiger partial charge in [0.25, 0.3) is 0 Å². The maximum absolute atomic E-state index is 6.56. The lowest BCUT2D eigenvalue weighted by molar-refractivity contribution is -0.121. The molecule has 0 amide bonds. The van der Waals surface area contributed by atoms with Crippen LogP contribution in [-0.4, -0.2) is 59.2 Å². The molecule has 3 heterocycles. The highest BCUT2D eigenvalue weighted by molar-refractivity contribution is 5.14. The standard InChI is InChI=1S/C37H53N3O5/c1-2-43-34-24-33(19-10-12-23-42-29-31-16-7-4-8-17-31)44-35(25-34)26-40-27-36(38-39-40)37-21-13-20-32(45-37)18-9-11-22-41-28-30-14-5-3-6-15-30/h3-8,14-17,27,32-35,37H,2,9-13,18-26,28-29H2,1H3/t32-,33-,34?,35-,37-/m0/s1. The SMILES string of the molecule is CCOC1C[C@H](CCCCOCc2ccccc2)O[C@H](Cn2cc([C@@H]3CCC[C@H](CCCCOCc4ccccc4)O3)nn2)C1. The smallest absolute Gasteiger partial charge is 0.111 e. The maximum Gasteiger partial charge on any atom is 0.111 e. The van der Waals surface area contributed by atoms with E-state index in [1.54, 1.807) is 0 Å². The fraction of sp³-hybridized carbons (Fsp3) is 0.622. The molecule has 1 unspecified atom stereocenters. The Labute approximate surface area is 269 Å². The minimum absolute atomic E-state index is 0.0205. The van der Waals surface area contributed by atoms with Crippen molar-refractivity contribution in [2.45, 2.75) is 128 Å². The third-order valence-electron chi connectivity index (χ3n) is 8.82. The second-order valence-electron chi connectivity index (χ2n) is 12.5. The lowest BCUT2D eigenvalue weighted by Gasteiger charge is -2.35. The topological polar surface area (TPSA) is 76.9 Å². The lowest BCUT2D eigenvalue weighted by atomic mass is 9.97. The Balaban J connectivity index is 0.999. The van der Waals surface area contributed by atoms with E-state index in [0.29, 0.717) is 19.8 Å². The molecule has 45 heavy (non-hydrogen) atoms. The number of ether oxygens (including phenoxy) is 5. The monoisotopic (exact) mass is 619 g/mol. The minimum Gasteiger partial charge on any atom is -0.378 e. The molecule has 1 aromatic heterocycles. The summed E-state index contributed by atoms with van der Waals surface area (Å²) in [5, 5.41) is 9.01. The molecule has 2 saturated heterocycles. The van der Waals surface area contributed by atoms with Gasteiger partial charge < -0.3 is 23.7 Å². The van der Waals surface area contributed by atoms with Gasteiger partial charge in [-0.3, -0.25) is 0 Å². The van der Waals surface area contributed by atoms with E-state index in [1.807, 2.05) is 16.8 Å². The van der Waals surface area contributed by atoms with Gasteiger partial charge in [0, 0.05) is 26.2 Å². The van der Waals surface area contributed by atoms with Crippen molar-refractivity contribution >= 4 is 0 Å². The molecule has 3 aromatic rings. The first kappa shape index (κ1) is 33.7. The molecule has 246 valence electrons. The van der Waals surface area contributed by atoms with Gasteiger partial charge in [-0.15, -0.1) is 5.10 Å². The Bertz CT molecular complexity index is 1190. The van der Waals surface area contributed by atoms with Crippen molar-refractivity contribution in [3.8, 4) is 0 Å². The maximum atomic E-state index is 6.56. The first-order valence-electron chi connectivity index (χ1n) is 17.3. The van der Waals surface area contributed by atoms with Crippen molar-refractivity contribution in [3.63, 3.8) is 0 Å². The lowest BCUT2D eigenvalue weighted by Crippen LogP contribution is -2.39. The number of aromatic nitrogens is 3. The van der Waals surface area contributed by atoms with Crippen molar-refractivity contribution < 1.29 is 23.7 Å². The Morgan fingerprint density at radius 3 is 2.07 bits per heavy atom. The van der Waals surface area contributed by atoms with E-state index >= 15 is 0 Å². The first-order valence-corrected chi connectivity index (χ1v) is 17.3. The zero-order valence-corrected chi connectivity index (χ0v) is 27.1. The summed E-state index contributed by atoms with van der Waals surface area (Å²) in [6.45, 7) is 6.41. The number of nitrogens with zero attached hydrogens (tertiary/aromatic N) is 3. The zero-order chi connectivity index (χ0) is 30.9. The van der Waals surface area contributed by atoms with Crippen LogP contribution in [0.4, 0.5) is 0 Å². The summed E-state index contributed by atoms with van der Waals surface area (Å²) >= 11 is 0. The normalized spacial score (nSPS) is 23.7. The van der Waals surface area contributed by atoms with Gasteiger partial charge in [0.05, 0.1) is 50.4 Å². The van der Waals surface area contributed by atoms with Gasteiger partial charge in [-0.25, -0.2) is 4.68 Å². The van der Waals surface area contributed by atoms with Crippen molar-refractivity contribution in [1.82, 2.24) is 15.0 Å².